The number of aromatic nitrogens is 3. The molecule has 1 aromatic carbocycles. The lowest BCUT2D eigenvalue weighted by Crippen LogP contribution is -2.35. The van der Waals surface area contributed by atoms with Gasteiger partial charge in [0.25, 0.3) is 11.7 Å². The van der Waals surface area contributed by atoms with Crippen molar-refractivity contribution in [3.05, 3.63) is 53.4 Å². The second-order valence-corrected chi connectivity index (χ2v) is 7.19. The molecule has 0 N–H and O–H groups in total. The highest BCUT2D eigenvalue weighted by molar-refractivity contribution is 7.13. The van der Waals surface area contributed by atoms with Crippen molar-refractivity contribution in [1.29, 1.82) is 0 Å². The lowest BCUT2D eigenvalue weighted by Gasteiger charge is -2.12. The number of rotatable bonds is 5. The van der Waals surface area contributed by atoms with Gasteiger partial charge in [0.05, 0.1) is 10.6 Å². The smallest absolute Gasteiger partial charge is 0.378 e. The van der Waals surface area contributed by atoms with E-state index in [0.717, 1.165) is 9.78 Å². The van der Waals surface area contributed by atoms with Crippen molar-refractivity contribution in [2.45, 2.75) is 12.8 Å². The van der Waals surface area contributed by atoms with Crippen LogP contribution in [0.15, 0.2) is 41.8 Å². The molecule has 3 aromatic rings. The van der Waals surface area contributed by atoms with Crippen LogP contribution in [-0.2, 0) is 14.3 Å². The molecule has 8 nitrogen and oxygen atoms in total. The van der Waals surface area contributed by atoms with E-state index in [2.05, 4.69) is 10.1 Å². The zero-order chi connectivity index (χ0) is 20.4. The Morgan fingerprint density at radius 2 is 2.00 bits per heavy atom. The van der Waals surface area contributed by atoms with Crippen molar-refractivity contribution >= 4 is 29.1 Å². The fourth-order valence-electron chi connectivity index (χ4n) is 2.91. The molecule has 0 spiro atoms. The molecule has 0 unspecified atom stereocenters. The molecule has 1 aliphatic heterocycles. The number of likely N-dealkylation sites (tertiary alicyclic amines) is 1. The van der Waals surface area contributed by atoms with Crippen molar-refractivity contribution in [3.8, 4) is 16.4 Å². The van der Waals surface area contributed by atoms with Crippen LogP contribution >= 0.6 is 11.3 Å². The molecule has 1 aliphatic rings. The number of imide groups is 1. The minimum absolute atomic E-state index is 0.238. The van der Waals surface area contributed by atoms with Gasteiger partial charge in [-0.3, -0.25) is 14.5 Å². The SMILES string of the molecule is O=C(OCC(=O)N1CCCC1=O)c1nc(-c2cccs2)n(-c2ccc(F)cc2)n1. The number of carbonyl (C=O) groups is 3. The van der Waals surface area contributed by atoms with Crippen LogP contribution in [0.25, 0.3) is 16.4 Å². The van der Waals surface area contributed by atoms with Gasteiger partial charge in [-0.25, -0.2) is 13.9 Å². The van der Waals surface area contributed by atoms with Gasteiger partial charge in [0.2, 0.25) is 5.91 Å². The van der Waals surface area contributed by atoms with Crippen molar-refractivity contribution in [1.82, 2.24) is 19.7 Å². The summed E-state index contributed by atoms with van der Waals surface area (Å²) in [4.78, 5) is 42.1. The zero-order valence-electron chi connectivity index (χ0n) is 15.1. The number of halogens is 1. The predicted molar refractivity (Wildman–Crippen MR) is 101 cm³/mol. The summed E-state index contributed by atoms with van der Waals surface area (Å²) in [6.07, 6.45) is 0.916. The van der Waals surface area contributed by atoms with E-state index in [4.69, 9.17) is 4.74 Å². The average Bonchev–Trinajstić information content (AvgIpc) is 3.46. The fraction of sp³-hybridized carbons (Fsp3) is 0.211. The molecule has 29 heavy (non-hydrogen) atoms. The van der Waals surface area contributed by atoms with Crippen molar-refractivity contribution in [3.63, 3.8) is 0 Å². The van der Waals surface area contributed by atoms with Gasteiger partial charge in [-0.15, -0.1) is 16.4 Å². The van der Waals surface area contributed by atoms with E-state index in [0.29, 0.717) is 30.9 Å². The van der Waals surface area contributed by atoms with Gasteiger partial charge >= 0.3 is 5.97 Å². The second kappa shape index (κ2) is 7.92. The molecule has 148 valence electrons. The molecular weight excluding hydrogens is 399 g/mol. The quantitative estimate of drug-likeness (QED) is 0.595. The number of esters is 1. The number of nitrogens with zero attached hydrogens (tertiary/aromatic N) is 4. The molecule has 3 heterocycles. The molecule has 2 aromatic heterocycles. The van der Waals surface area contributed by atoms with Crippen LogP contribution in [0.3, 0.4) is 0 Å². The van der Waals surface area contributed by atoms with Crippen LogP contribution < -0.4 is 0 Å². The first-order valence-corrected chi connectivity index (χ1v) is 9.68. The maximum atomic E-state index is 13.3. The summed E-state index contributed by atoms with van der Waals surface area (Å²) in [5.74, 6) is -1.98. The lowest BCUT2D eigenvalue weighted by atomic mass is 10.3. The van der Waals surface area contributed by atoms with Crippen LogP contribution in [0, 0.1) is 5.82 Å². The Bertz CT molecular complexity index is 1060. The van der Waals surface area contributed by atoms with Crippen LogP contribution in [0.2, 0.25) is 0 Å². The molecule has 4 rings (SSSR count). The van der Waals surface area contributed by atoms with Crippen LogP contribution in [0.1, 0.15) is 23.5 Å². The summed E-state index contributed by atoms with van der Waals surface area (Å²) >= 11 is 1.40. The van der Waals surface area contributed by atoms with Gasteiger partial charge < -0.3 is 4.74 Å². The Balaban J connectivity index is 1.56. The first-order valence-electron chi connectivity index (χ1n) is 8.80. The summed E-state index contributed by atoms with van der Waals surface area (Å²) in [7, 11) is 0. The third-order valence-electron chi connectivity index (χ3n) is 4.30. The van der Waals surface area contributed by atoms with E-state index in [9.17, 15) is 18.8 Å². The third kappa shape index (κ3) is 3.92. The van der Waals surface area contributed by atoms with Crippen LogP contribution in [0.4, 0.5) is 4.39 Å². The highest BCUT2D eigenvalue weighted by Crippen LogP contribution is 2.26. The van der Waals surface area contributed by atoms with Gasteiger partial charge in [0.1, 0.15) is 5.82 Å². The first-order chi connectivity index (χ1) is 14.0. The van der Waals surface area contributed by atoms with Gasteiger partial charge in [0.15, 0.2) is 12.4 Å². The zero-order valence-corrected chi connectivity index (χ0v) is 15.9. The molecule has 10 heteroatoms. The number of amides is 2. The van der Waals surface area contributed by atoms with E-state index in [-0.39, 0.29) is 11.7 Å². The van der Waals surface area contributed by atoms with Gasteiger partial charge in [-0.05, 0) is 42.1 Å². The van der Waals surface area contributed by atoms with E-state index in [1.54, 1.807) is 0 Å². The minimum atomic E-state index is -0.885. The molecule has 1 fully saturated rings. The van der Waals surface area contributed by atoms with E-state index >= 15 is 0 Å². The van der Waals surface area contributed by atoms with E-state index in [1.807, 2.05) is 17.5 Å². The largest absolute Gasteiger partial charge is 0.450 e. The molecule has 0 saturated carbocycles. The highest BCUT2D eigenvalue weighted by Gasteiger charge is 2.28. The Hall–Kier alpha value is -3.40. The topological polar surface area (TPSA) is 94.4 Å². The number of hydrogen-bond donors (Lipinski definition) is 0. The summed E-state index contributed by atoms with van der Waals surface area (Å²) in [6, 6.07) is 9.22. The van der Waals surface area contributed by atoms with Gasteiger partial charge in [-0.1, -0.05) is 6.07 Å². The molecule has 0 atom stereocenters. The van der Waals surface area contributed by atoms with Crippen LogP contribution in [-0.4, -0.2) is 50.6 Å². The molecule has 0 radical (unpaired) electrons. The third-order valence-corrected chi connectivity index (χ3v) is 5.17. The monoisotopic (exact) mass is 414 g/mol. The normalized spacial score (nSPS) is 13.7. The number of ether oxygens (including phenoxy) is 1. The standard InChI is InChI=1S/C19H15FN4O4S/c20-12-5-7-13(8-6-12)24-18(14-3-2-10-29-14)21-17(22-24)19(27)28-11-16(26)23-9-1-4-15(23)25/h2-3,5-8,10H,1,4,9,11H2. The van der Waals surface area contributed by atoms with E-state index < -0.39 is 24.3 Å². The Morgan fingerprint density at radius 1 is 1.21 bits per heavy atom. The molecule has 2 amide bonds. The maximum absolute atomic E-state index is 13.3. The summed E-state index contributed by atoms with van der Waals surface area (Å²) in [5, 5.41) is 6.03. The van der Waals surface area contributed by atoms with Gasteiger partial charge in [0, 0.05) is 13.0 Å². The number of carbonyl (C=O) groups excluding carboxylic acids is 3. The van der Waals surface area contributed by atoms with Crippen LogP contribution in [0.5, 0.6) is 0 Å². The number of thiophene rings is 1. The summed E-state index contributed by atoms with van der Waals surface area (Å²) in [5.41, 5.74) is 0.514. The Kier molecular flexibility index (Phi) is 5.17. The fourth-order valence-corrected chi connectivity index (χ4v) is 3.61. The summed E-state index contributed by atoms with van der Waals surface area (Å²) < 4.78 is 19.7. The van der Waals surface area contributed by atoms with Crippen molar-refractivity contribution in [2.24, 2.45) is 0 Å². The predicted octanol–water partition coefficient (Wildman–Crippen LogP) is 2.44. The highest BCUT2D eigenvalue weighted by atomic mass is 32.1. The second-order valence-electron chi connectivity index (χ2n) is 6.24. The number of hydrogen-bond acceptors (Lipinski definition) is 7. The molecule has 0 aliphatic carbocycles. The Labute approximate surface area is 168 Å². The molecule has 1 saturated heterocycles. The maximum Gasteiger partial charge on any atom is 0.378 e. The minimum Gasteiger partial charge on any atom is -0.450 e. The average molecular weight is 414 g/mol. The molecule has 0 bridgehead atoms. The summed E-state index contributed by atoms with van der Waals surface area (Å²) in [6.45, 7) is -0.237. The lowest BCUT2D eigenvalue weighted by molar-refractivity contribution is -0.143. The molecular formula is C19H15FN4O4S. The van der Waals surface area contributed by atoms with Gasteiger partial charge in [-0.2, -0.15) is 4.98 Å². The van der Waals surface area contributed by atoms with E-state index in [1.165, 1.54) is 40.3 Å². The Morgan fingerprint density at radius 3 is 2.66 bits per heavy atom. The first kappa shape index (κ1) is 18.9. The number of benzene rings is 1. The van der Waals surface area contributed by atoms with Crippen molar-refractivity contribution in [2.75, 3.05) is 13.2 Å². The van der Waals surface area contributed by atoms with Crippen molar-refractivity contribution < 1.29 is 23.5 Å².